The third-order valence-electron chi connectivity index (χ3n) is 17.2. The molecular weight excluding hydrogens is 947 g/mol. The third-order valence-corrected chi connectivity index (χ3v) is 17.2. The van der Waals surface area contributed by atoms with Crippen LogP contribution < -0.4 is 5.32 Å². The van der Waals surface area contributed by atoms with Gasteiger partial charge >= 0.3 is 5.97 Å². The molecule has 2 atom stereocenters. The molecule has 0 aromatic rings. The van der Waals surface area contributed by atoms with E-state index in [1.807, 2.05) is 0 Å². The highest BCUT2D eigenvalue weighted by Gasteiger charge is 2.20. The molecule has 3 N–H and O–H groups in total. The van der Waals surface area contributed by atoms with E-state index < -0.39 is 12.1 Å². The summed E-state index contributed by atoms with van der Waals surface area (Å²) in [5.41, 5.74) is 0. The highest BCUT2D eigenvalue weighted by molar-refractivity contribution is 5.76. The van der Waals surface area contributed by atoms with E-state index in [9.17, 15) is 19.8 Å². The zero-order valence-electron chi connectivity index (χ0n) is 52.7. The number of carbonyl (C=O) groups is 2. The maximum Gasteiger partial charge on any atom is 0.305 e. The van der Waals surface area contributed by atoms with Crippen LogP contribution in [0.5, 0.6) is 0 Å². The van der Waals surface area contributed by atoms with Crippen molar-refractivity contribution >= 4 is 11.9 Å². The van der Waals surface area contributed by atoms with E-state index in [2.05, 4.69) is 19.2 Å². The summed E-state index contributed by atoms with van der Waals surface area (Å²) in [6.07, 6.45) is 81.5. The Morgan fingerprint density at radius 1 is 0.312 bits per heavy atom. The first kappa shape index (κ1) is 75.9. The zero-order chi connectivity index (χ0) is 55.7. The lowest BCUT2D eigenvalue weighted by Gasteiger charge is -2.22. The molecular formula is C71H141NO5. The van der Waals surface area contributed by atoms with E-state index in [4.69, 9.17) is 4.74 Å². The lowest BCUT2D eigenvalue weighted by molar-refractivity contribution is -0.143. The molecule has 0 radical (unpaired) electrons. The summed E-state index contributed by atoms with van der Waals surface area (Å²) < 4.78 is 5.50. The van der Waals surface area contributed by atoms with Crippen LogP contribution >= 0.6 is 0 Å². The van der Waals surface area contributed by atoms with Crippen molar-refractivity contribution in [2.75, 3.05) is 13.2 Å². The molecule has 6 heteroatoms. The van der Waals surface area contributed by atoms with E-state index in [1.54, 1.807) is 0 Å². The van der Waals surface area contributed by atoms with E-state index >= 15 is 0 Å². The van der Waals surface area contributed by atoms with Gasteiger partial charge in [-0.25, -0.2) is 0 Å². The van der Waals surface area contributed by atoms with E-state index in [1.165, 1.54) is 347 Å². The van der Waals surface area contributed by atoms with Crippen molar-refractivity contribution in [3.63, 3.8) is 0 Å². The van der Waals surface area contributed by atoms with Crippen molar-refractivity contribution < 1.29 is 24.5 Å². The molecule has 460 valence electrons. The Bertz CT molecular complexity index is 1120. The molecule has 0 aliphatic heterocycles. The second-order valence-corrected chi connectivity index (χ2v) is 24.9. The maximum absolute atomic E-state index is 12.6. The fourth-order valence-corrected chi connectivity index (χ4v) is 11.7. The number of aliphatic hydroxyl groups is 2. The van der Waals surface area contributed by atoms with Crippen LogP contribution in [0.25, 0.3) is 0 Å². The predicted octanol–water partition coefficient (Wildman–Crippen LogP) is 23.0. The largest absolute Gasteiger partial charge is 0.466 e. The fraction of sp³-hybridized carbons (Fsp3) is 0.972. The molecule has 0 heterocycles. The zero-order valence-corrected chi connectivity index (χ0v) is 52.7. The van der Waals surface area contributed by atoms with Gasteiger partial charge in [0.15, 0.2) is 0 Å². The normalized spacial score (nSPS) is 12.4. The first-order valence-electron chi connectivity index (χ1n) is 35.8. The smallest absolute Gasteiger partial charge is 0.305 e. The van der Waals surface area contributed by atoms with Crippen molar-refractivity contribution in [3.05, 3.63) is 0 Å². The lowest BCUT2D eigenvalue weighted by Crippen LogP contribution is -2.45. The van der Waals surface area contributed by atoms with Gasteiger partial charge in [0.2, 0.25) is 5.91 Å². The van der Waals surface area contributed by atoms with Gasteiger partial charge < -0.3 is 20.3 Å². The van der Waals surface area contributed by atoms with Crippen LogP contribution in [-0.2, 0) is 14.3 Å². The Balaban J connectivity index is 3.38. The van der Waals surface area contributed by atoms with Gasteiger partial charge in [0, 0.05) is 12.8 Å². The number of hydrogen-bond acceptors (Lipinski definition) is 5. The van der Waals surface area contributed by atoms with E-state index in [0.717, 1.165) is 38.5 Å². The molecule has 0 aromatic heterocycles. The molecule has 0 spiro atoms. The van der Waals surface area contributed by atoms with Gasteiger partial charge in [-0.1, -0.05) is 380 Å². The second kappa shape index (κ2) is 67.4. The Morgan fingerprint density at radius 3 is 0.792 bits per heavy atom. The average molecular weight is 1090 g/mol. The minimum Gasteiger partial charge on any atom is -0.466 e. The molecule has 0 fully saturated rings. The van der Waals surface area contributed by atoms with Crippen LogP contribution in [0.15, 0.2) is 0 Å². The highest BCUT2D eigenvalue weighted by atomic mass is 16.5. The average Bonchev–Trinajstić information content (AvgIpc) is 3.43. The van der Waals surface area contributed by atoms with Gasteiger partial charge in [0.25, 0.3) is 0 Å². The Labute approximate surface area is 483 Å². The van der Waals surface area contributed by atoms with E-state index in [0.29, 0.717) is 25.9 Å². The van der Waals surface area contributed by atoms with Crippen LogP contribution in [-0.4, -0.2) is 47.4 Å². The molecule has 0 bridgehead atoms. The summed E-state index contributed by atoms with van der Waals surface area (Å²) in [5, 5.41) is 23.5. The van der Waals surface area contributed by atoms with Gasteiger partial charge in [-0.15, -0.1) is 0 Å². The first-order chi connectivity index (χ1) is 38.0. The number of hydrogen-bond donors (Lipinski definition) is 3. The Morgan fingerprint density at radius 2 is 0.532 bits per heavy atom. The summed E-state index contributed by atoms with van der Waals surface area (Å²) in [6, 6.07) is -0.544. The van der Waals surface area contributed by atoms with Gasteiger partial charge in [-0.05, 0) is 25.7 Å². The van der Waals surface area contributed by atoms with Crippen molar-refractivity contribution in [3.8, 4) is 0 Å². The monoisotopic (exact) mass is 1090 g/mol. The van der Waals surface area contributed by atoms with Crippen LogP contribution in [0.3, 0.4) is 0 Å². The van der Waals surface area contributed by atoms with Gasteiger partial charge in [-0.3, -0.25) is 9.59 Å². The fourth-order valence-electron chi connectivity index (χ4n) is 11.7. The predicted molar refractivity (Wildman–Crippen MR) is 338 cm³/mol. The molecule has 0 aliphatic carbocycles. The molecule has 77 heavy (non-hydrogen) atoms. The summed E-state index contributed by atoms with van der Waals surface area (Å²) in [5.74, 6) is -0.0172. The van der Waals surface area contributed by atoms with Crippen molar-refractivity contribution in [1.82, 2.24) is 5.32 Å². The van der Waals surface area contributed by atoms with Crippen LogP contribution in [0.1, 0.15) is 418 Å². The number of carbonyl (C=O) groups excluding carboxylic acids is 2. The standard InChI is InChI=1S/C71H141NO5/c1-3-5-7-9-11-13-15-17-19-21-22-23-24-25-26-27-29-32-35-39-43-47-51-55-59-63-69(74)68(67-73)72-70(75)64-60-56-52-48-44-40-36-33-30-28-31-34-38-42-46-50-54-58-62-66-77-71(76)65-61-57-53-49-45-41-37-20-18-16-14-12-10-8-6-4-2/h68-69,73-74H,3-67H2,1-2H3,(H,72,75). The SMILES string of the molecule is CCCCCCCCCCCCCCCCCCCCCCCCCCCC(O)C(CO)NC(=O)CCCCCCCCCCCCCCCCCCCCCOC(=O)CCCCCCCCCCCCCCCCCC. The highest BCUT2D eigenvalue weighted by Crippen LogP contribution is 2.20. The number of amides is 1. The van der Waals surface area contributed by atoms with Crippen molar-refractivity contribution in [2.45, 2.75) is 431 Å². The van der Waals surface area contributed by atoms with Gasteiger partial charge in [0.1, 0.15) is 0 Å². The first-order valence-corrected chi connectivity index (χ1v) is 35.8. The van der Waals surface area contributed by atoms with Crippen LogP contribution in [0, 0.1) is 0 Å². The summed E-state index contributed by atoms with van der Waals surface area (Å²) >= 11 is 0. The van der Waals surface area contributed by atoms with Crippen LogP contribution in [0.2, 0.25) is 0 Å². The second-order valence-electron chi connectivity index (χ2n) is 24.9. The number of ether oxygens (including phenoxy) is 1. The maximum atomic E-state index is 12.6. The quantitative estimate of drug-likeness (QED) is 0.0417. The molecule has 0 saturated carbocycles. The van der Waals surface area contributed by atoms with Gasteiger partial charge in [-0.2, -0.15) is 0 Å². The molecule has 0 rings (SSSR count). The Kier molecular flexibility index (Phi) is 66.4. The summed E-state index contributed by atoms with van der Waals surface area (Å²) in [6.45, 7) is 5.00. The number of unbranched alkanes of at least 4 members (excludes halogenated alkanes) is 57. The number of aliphatic hydroxyl groups excluding tert-OH is 2. The van der Waals surface area contributed by atoms with E-state index in [-0.39, 0.29) is 18.5 Å². The summed E-state index contributed by atoms with van der Waals surface area (Å²) in [4.78, 5) is 24.7. The number of esters is 1. The number of nitrogens with one attached hydrogen (secondary N) is 1. The molecule has 0 saturated heterocycles. The third kappa shape index (κ3) is 63.9. The number of rotatable bonds is 68. The molecule has 0 aliphatic rings. The van der Waals surface area contributed by atoms with Crippen LogP contribution in [0.4, 0.5) is 0 Å². The Hall–Kier alpha value is -1.14. The minimum atomic E-state index is -0.667. The van der Waals surface area contributed by atoms with Gasteiger partial charge in [0.05, 0.1) is 25.4 Å². The molecule has 2 unspecified atom stereocenters. The minimum absolute atomic E-state index is 0.0144. The molecule has 6 nitrogen and oxygen atoms in total. The topological polar surface area (TPSA) is 95.9 Å². The summed E-state index contributed by atoms with van der Waals surface area (Å²) in [7, 11) is 0. The lowest BCUT2D eigenvalue weighted by atomic mass is 10.0. The van der Waals surface area contributed by atoms with Crippen molar-refractivity contribution in [2.24, 2.45) is 0 Å². The molecule has 0 aromatic carbocycles. The molecule has 1 amide bonds. The van der Waals surface area contributed by atoms with Crippen molar-refractivity contribution in [1.29, 1.82) is 0 Å².